The molecule has 0 rings (SSSR count). The number of hydrogen-bond acceptors (Lipinski definition) is 2. The second-order valence-corrected chi connectivity index (χ2v) is 3.75. The van der Waals surface area contributed by atoms with Crippen molar-refractivity contribution < 1.29 is 9.63 Å². The maximum Gasteiger partial charge on any atom is 0.243 e. The third kappa shape index (κ3) is 9.64. The first-order valence-corrected chi connectivity index (χ1v) is 5.17. The number of nitrogens with one attached hydrogen (secondary N) is 1. The number of hydroxylamine groups is 1. The van der Waals surface area contributed by atoms with E-state index in [2.05, 4.69) is 5.48 Å². The summed E-state index contributed by atoms with van der Waals surface area (Å²) >= 11 is 5.47. The van der Waals surface area contributed by atoms with Crippen LogP contribution in [0.3, 0.4) is 0 Å². The molecule has 0 aromatic heterocycles. The van der Waals surface area contributed by atoms with Gasteiger partial charge >= 0.3 is 0 Å². The van der Waals surface area contributed by atoms with Gasteiger partial charge in [0.25, 0.3) is 0 Å². The molecule has 0 aromatic rings. The third-order valence-electron chi connectivity index (χ3n) is 1.39. The van der Waals surface area contributed by atoms with Crippen LogP contribution in [-0.2, 0) is 9.63 Å². The first kappa shape index (κ1) is 12.7. The maximum atomic E-state index is 11.0. The monoisotopic (exact) mass is 207 g/mol. The standard InChI is InChI=1S/C9H18ClNO2/c1-8(2)7-13-11-9(12)5-3-4-6-10/h8H,3-7H2,1-2H3,(H,11,12). The SMILES string of the molecule is CC(C)CONC(=O)CCCCCl. The van der Waals surface area contributed by atoms with Gasteiger partial charge in [-0.1, -0.05) is 13.8 Å². The third-order valence-corrected chi connectivity index (χ3v) is 1.66. The van der Waals surface area contributed by atoms with E-state index in [4.69, 9.17) is 16.4 Å². The summed E-state index contributed by atoms with van der Waals surface area (Å²) in [6, 6.07) is 0. The second kappa shape index (κ2) is 8.32. The number of unbranched alkanes of at least 4 members (excludes halogenated alkanes) is 1. The molecular weight excluding hydrogens is 190 g/mol. The van der Waals surface area contributed by atoms with E-state index in [-0.39, 0.29) is 5.91 Å². The molecule has 0 fully saturated rings. The molecule has 0 aromatic carbocycles. The summed E-state index contributed by atoms with van der Waals surface area (Å²) in [5.41, 5.74) is 2.39. The Morgan fingerprint density at radius 3 is 2.69 bits per heavy atom. The van der Waals surface area contributed by atoms with Crippen LogP contribution < -0.4 is 5.48 Å². The average molecular weight is 208 g/mol. The lowest BCUT2D eigenvalue weighted by atomic mass is 10.2. The summed E-state index contributed by atoms with van der Waals surface area (Å²) in [6.45, 7) is 4.61. The fourth-order valence-corrected chi connectivity index (χ4v) is 0.909. The zero-order valence-electron chi connectivity index (χ0n) is 8.31. The highest BCUT2D eigenvalue weighted by atomic mass is 35.5. The van der Waals surface area contributed by atoms with Crippen LogP contribution in [0.1, 0.15) is 33.1 Å². The predicted octanol–water partition coefficient (Wildman–Crippen LogP) is 2.10. The minimum absolute atomic E-state index is 0.0641. The second-order valence-electron chi connectivity index (χ2n) is 3.38. The number of halogens is 1. The molecule has 0 atom stereocenters. The van der Waals surface area contributed by atoms with E-state index in [1.54, 1.807) is 0 Å². The fourth-order valence-electron chi connectivity index (χ4n) is 0.720. The lowest BCUT2D eigenvalue weighted by Crippen LogP contribution is -2.25. The molecule has 3 nitrogen and oxygen atoms in total. The molecule has 1 amide bonds. The highest BCUT2D eigenvalue weighted by Gasteiger charge is 2.00. The van der Waals surface area contributed by atoms with Gasteiger partial charge in [0.15, 0.2) is 0 Å². The van der Waals surface area contributed by atoms with E-state index in [0.717, 1.165) is 12.8 Å². The van der Waals surface area contributed by atoms with Crippen molar-refractivity contribution in [2.75, 3.05) is 12.5 Å². The van der Waals surface area contributed by atoms with Gasteiger partial charge < -0.3 is 0 Å². The zero-order valence-corrected chi connectivity index (χ0v) is 9.06. The molecule has 0 aliphatic rings. The van der Waals surface area contributed by atoms with E-state index >= 15 is 0 Å². The number of rotatable bonds is 7. The summed E-state index contributed by atoms with van der Waals surface area (Å²) in [4.78, 5) is 16.0. The lowest BCUT2D eigenvalue weighted by Gasteiger charge is -2.07. The molecule has 0 radical (unpaired) electrons. The molecule has 0 saturated heterocycles. The van der Waals surface area contributed by atoms with Gasteiger partial charge in [0.2, 0.25) is 5.91 Å². The molecule has 0 spiro atoms. The molecule has 0 aliphatic heterocycles. The van der Waals surface area contributed by atoms with Gasteiger partial charge in [0.1, 0.15) is 0 Å². The van der Waals surface area contributed by atoms with Crippen molar-refractivity contribution in [2.45, 2.75) is 33.1 Å². The molecule has 0 saturated carbocycles. The topological polar surface area (TPSA) is 38.3 Å². The van der Waals surface area contributed by atoms with Crippen LogP contribution in [0, 0.1) is 5.92 Å². The highest BCUT2D eigenvalue weighted by Crippen LogP contribution is 1.97. The molecule has 0 aliphatic carbocycles. The fraction of sp³-hybridized carbons (Fsp3) is 0.889. The number of hydrogen-bond donors (Lipinski definition) is 1. The van der Waals surface area contributed by atoms with Crippen molar-refractivity contribution >= 4 is 17.5 Å². The molecule has 4 heteroatoms. The lowest BCUT2D eigenvalue weighted by molar-refractivity contribution is -0.134. The van der Waals surface area contributed by atoms with Crippen molar-refractivity contribution in [1.82, 2.24) is 5.48 Å². The van der Waals surface area contributed by atoms with Crippen LogP contribution in [0.15, 0.2) is 0 Å². The van der Waals surface area contributed by atoms with Crippen LogP contribution in [0.5, 0.6) is 0 Å². The van der Waals surface area contributed by atoms with Crippen molar-refractivity contribution in [1.29, 1.82) is 0 Å². The zero-order chi connectivity index (χ0) is 10.1. The van der Waals surface area contributed by atoms with E-state index in [1.165, 1.54) is 0 Å². The van der Waals surface area contributed by atoms with Gasteiger partial charge in [-0.2, -0.15) is 0 Å². The summed E-state index contributed by atoms with van der Waals surface area (Å²) in [5.74, 6) is 0.981. The number of carbonyl (C=O) groups excluding carboxylic acids is 1. The normalized spacial score (nSPS) is 10.5. The molecular formula is C9H18ClNO2. The maximum absolute atomic E-state index is 11.0. The van der Waals surface area contributed by atoms with Crippen LogP contribution in [0.4, 0.5) is 0 Å². The van der Waals surface area contributed by atoms with Crippen LogP contribution in [-0.4, -0.2) is 18.4 Å². The summed E-state index contributed by atoms with van der Waals surface area (Å²) < 4.78 is 0. The molecule has 0 unspecified atom stereocenters. The highest BCUT2D eigenvalue weighted by molar-refractivity contribution is 6.17. The van der Waals surface area contributed by atoms with E-state index in [9.17, 15) is 4.79 Å². The number of amides is 1. The Kier molecular flexibility index (Phi) is 8.14. The van der Waals surface area contributed by atoms with Crippen molar-refractivity contribution in [2.24, 2.45) is 5.92 Å². The number of carbonyl (C=O) groups is 1. The first-order chi connectivity index (χ1) is 6.16. The Hall–Kier alpha value is -0.280. The van der Waals surface area contributed by atoms with Gasteiger partial charge in [0, 0.05) is 12.3 Å². The Bertz CT molecular complexity index is 140. The Morgan fingerprint density at radius 2 is 2.15 bits per heavy atom. The van der Waals surface area contributed by atoms with Crippen molar-refractivity contribution in [3.05, 3.63) is 0 Å². The predicted molar refractivity (Wildman–Crippen MR) is 53.5 cm³/mol. The van der Waals surface area contributed by atoms with Crippen molar-refractivity contribution in [3.63, 3.8) is 0 Å². The minimum Gasteiger partial charge on any atom is -0.273 e. The smallest absolute Gasteiger partial charge is 0.243 e. The van der Waals surface area contributed by atoms with Gasteiger partial charge in [-0.05, 0) is 18.8 Å². The van der Waals surface area contributed by atoms with Gasteiger partial charge in [-0.25, -0.2) is 5.48 Å². The van der Waals surface area contributed by atoms with Crippen LogP contribution >= 0.6 is 11.6 Å². The Morgan fingerprint density at radius 1 is 1.46 bits per heavy atom. The summed E-state index contributed by atoms with van der Waals surface area (Å²) in [5, 5.41) is 0. The first-order valence-electron chi connectivity index (χ1n) is 4.63. The molecule has 13 heavy (non-hydrogen) atoms. The molecule has 0 bridgehead atoms. The largest absolute Gasteiger partial charge is 0.273 e. The summed E-state index contributed by atoms with van der Waals surface area (Å²) in [7, 11) is 0. The molecule has 0 heterocycles. The average Bonchev–Trinajstić information content (AvgIpc) is 2.04. The molecule has 78 valence electrons. The Balaban J connectivity index is 3.20. The van der Waals surface area contributed by atoms with Crippen molar-refractivity contribution in [3.8, 4) is 0 Å². The van der Waals surface area contributed by atoms with E-state index in [0.29, 0.717) is 24.8 Å². The quantitative estimate of drug-likeness (QED) is 0.395. The Labute approximate surface area is 84.7 Å². The van der Waals surface area contributed by atoms with Crippen LogP contribution in [0.2, 0.25) is 0 Å². The minimum atomic E-state index is -0.0641. The van der Waals surface area contributed by atoms with E-state index < -0.39 is 0 Å². The van der Waals surface area contributed by atoms with Gasteiger partial charge in [-0.15, -0.1) is 11.6 Å². The van der Waals surface area contributed by atoms with Gasteiger partial charge in [0.05, 0.1) is 6.61 Å². The van der Waals surface area contributed by atoms with Crippen LogP contribution in [0.25, 0.3) is 0 Å². The molecule has 1 N–H and O–H groups in total. The number of alkyl halides is 1. The van der Waals surface area contributed by atoms with Gasteiger partial charge in [-0.3, -0.25) is 9.63 Å². The summed E-state index contributed by atoms with van der Waals surface area (Å²) in [6.07, 6.45) is 2.18. The van der Waals surface area contributed by atoms with E-state index in [1.807, 2.05) is 13.8 Å².